The number of rotatable bonds is 22. The smallest absolute Gasteiger partial charge is 0.416 e. The molecule has 4 atom stereocenters. The first-order valence-corrected chi connectivity index (χ1v) is 38.6. The number of alkyl halides is 9. The van der Waals surface area contributed by atoms with Crippen molar-refractivity contribution in [2.24, 2.45) is 0 Å². The van der Waals surface area contributed by atoms with Crippen LogP contribution < -0.4 is 29.5 Å². The van der Waals surface area contributed by atoms with E-state index in [0.29, 0.717) is 53.8 Å². The highest BCUT2D eigenvalue weighted by Gasteiger charge is 2.38. The van der Waals surface area contributed by atoms with Crippen molar-refractivity contribution < 1.29 is 116 Å². The van der Waals surface area contributed by atoms with Crippen molar-refractivity contribution in [3.05, 3.63) is 163 Å². The Morgan fingerprint density at radius 3 is 2.03 bits per heavy atom. The lowest BCUT2D eigenvalue weighted by Gasteiger charge is -2.35. The minimum atomic E-state index is -4.71. The number of halogens is 10. The Morgan fingerprint density at radius 2 is 1.51 bits per heavy atom. The number of ketones is 1. The van der Waals surface area contributed by atoms with E-state index in [2.05, 4.69) is 36.9 Å². The molecular weight excluding hydrogens is 1530 g/mol. The highest BCUT2D eigenvalue weighted by molar-refractivity contribution is 7.94. The molecule has 104 heavy (non-hydrogen) atoms. The predicted molar refractivity (Wildman–Crippen MR) is 378 cm³/mol. The normalized spacial score (nSPS) is 14.3. The van der Waals surface area contributed by atoms with E-state index >= 15 is 0 Å². The molecule has 1 aromatic heterocycles. The number of benzene rings is 5. The summed E-state index contributed by atoms with van der Waals surface area (Å²) < 4.78 is 141. The molecule has 2 heterocycles. The second kappa shape index (κ2) is 41.4. The van der Waals surface area contributed by atoms with Crippen LogP contribution in [0, 0.1) is 17.0 Å². The third-order valence-corrected chi connectivity index (χ3v) is 16.4. The van der Waals surface area contributed by atoms with Gasteiger partial charge in [-0.3, -0.25) is 34.6 Å². The summed E-state index contributed by atoms with van der Waals surface area (Å²) in [5.74, 6) is -3.59. The fourth-order valence-electron chi connectivity index (χ4n) is 9.08. The second-order valence-electron chi connectivity index (χ2n) is 22.8. The molecule has 6 aromatic rings. The summed E-state index contributed by atoms with van der Waals surface area (Å²) in [5, 5.41) is 24.4. The van der Waals surface area contributed by atoms with Crippen molar-refractivity contribution in [3.63, 3.8) is 0 Å². The molecule has 0 saturated heterocycles. The number of carbonyl (C=O) groups excluding carboxylic acids is 5. The van der Waals surface area contributed by atoms with Crippen molar-refractivity contribution in [2.75, 3.05) is 80.5 Å². The zero-order valence-corrected chi connectivity index (χ0v) is 63.2. The number of aryl methyl sites for hydroxylation is 2. The van der Waals surface area contributed by atoms with Crippen molar-refractivity contribution in [1.82, 2.24) is 10.5 Å². The van der Waals surface area contributed by atoms with Crippen LogP contribution in [0.25, 0.3) is 0 Å². The van der Waals surface area contributed by atoms with Crippen molar-refractivity contribution in [1.29, 1.82) is 0 Å². The van der Waals surface area contributed by atoms with Gasteiger partial charge in [-0.15, -0.1) is 11.6 Å². The minimum absolute atomic E-state index is 0.0223. The van der Waals surface area contributed by atoms with Gasteiger partial charge < -0.3 is 57.5 Å². The number of nitro groups is 1. The van der Waals surface area contributed by atoms with Crippen LogP contribution in [-0.2, 0) is 77.5 Å². The maximum Gasteiger partial charge on any atom is 0.416 e. The lowest BCUT2D eigenvalue weighted by Crippen LogP contribution is -2.47. The predicted octanol–water partition coefficient (Wildman–Crippen LogP) is 12.8. The SMILES string of the molecule is CC1COc2ccccc2N1C(=O)C(Cl)Cl.CCOC(=O)C(C)OC(=O)c1cc(Oc2ccc(C(F)(F)F)cc2Cl)ccc1[N+](=O)[O-].CCc1cccc(C)c1N(C(=O)CCl)C(C)COC.CS(=O)(=O)c1cc(C(F)(F)F)ccc1C(=O)c1cnoc1C1CC1.C[S+](C)C.O=C(O)CNCP(=O)([O-])O. The first-order chi connectivity index (χ1) is 48.3. The largest absolute Gasteiger partial charge is 0.778 e. The standard InChI is InChI=1S/C19H15ClF3NO7.C15H22ClNO2.C15H12F3NO4S.C11H11Cl2NO2.C3H8NO5P.C3H9S/c1-3-29-17(25)10(2)30-18(26)13-9-12(5-6-15(13)24(27)28)31-16-7-4-11(8-14(16)20)19(21,22)23;1-5-13-8-6-7-11(2)15(13)17(14(18)9-16)12(3)10-19-4;1-24(21,22)12-6-9(15(16,17)18)4-5-10(12)13(20)11-7-19-23-14(11)8-2-3-8;1-7-6-16-9-5-3-2-4-8(9)14(7)11(15)10(12)13;5-3(6)1-4-2-10(7,8)9;1-4(2)3/h4-10H,3H2,1-2H3;6-8,12H,5,9-10H2,1-4H3;4-8H,2-3H2,1H3;2-5,7,10H,6H2,1H3;4H,1-2H2,(H,5,6)(H2,7,8,9);1-3H3/q;;;;;+1/p-1. The van der Waals surface area contributed by atoms with E-state index in [1.54, 1.807) is 23.8 Å². The van der Waals surface area contributed by atoms with Gasteiger partial charge in [0.05, 0.1) is 106 Å². The Hall–Kier alpha value is -7.56. The van der Waals surface area contributed by atoms with Crippen LogP contribution in [0.4, 0.5) is 43.4 Å². The summed E-state index contributed by atoms with van der Waals surface area (Å²) >= 11 is 22.8. The average molecular weight is 1610 g/mol. The average Bonchev–Trinajstić information content (AvgIpc) is 1.35. The van der Waals surface area contributed by atoms with E-state index in [0.717, 1.165) is 84.4 Å². The number of aromatic nitrogens is 1. The van der Waals surface area contributed by atoms with Crippen LogP contribution in [0.1, 0.15) is 108 Å². The van der Waals surface area contributed by atoms with Gasteiger partial charge >= 0.3 is 30.3 Å². The Bertz CT molecular complexity index is 4110. The maximum absolute atomic E-state index is 12.8. The van der Waals surface area contributed by atoms with Crippen molar-refractivity contribution in [3.8, 4) is 17.2 Å². The molecular formula is C66H76Cl4F6N5O20PS2. The van der Waals surface area contributed by atoms with Gasteiger partial charge in [0.25, 0.3) is 11.6 Å². The number of amides is 2. The van der Waals surface area contributed by atoms with Crippen LogP contribution in [0.15, 0.2) is 113 Å². The second-order valence-corrected chi connectivity index (χ2v) is 30.6. The van der Waals surface area contributed by atoms with Crippen LogP contribution in [-0.4, -0.2) is 158 Å². The first-order valence-electron chi connectivity index (χ1n) is 30.7. The number of hydrogen-bond acceptors (Lipinski definition) is 20. The van der Waals surface area contributed by atoms with Gasteiger partial charge in [0, 0.05) is 37.0 Å². The number of fused-ring (bicyclic) bond motifs is 1. The van der Waals surface area contributed by atoms with Gasteiger partial charge in [-0.25, -0.2) is 18.0 Å². The highest BCUT2D eigenvalue weighted by Crippen LogP contribution is 2.43. The van der Waals surface area contributed by atoms with Gasteiger partial charge in [-0.2, -0.15) is 26.3 Å². The third kappa shape index (κ3) is 28.7. The monoisotopic (exact) mass is 1610 g/mol. The zero-order chi connectivity index (χ0) is 78.9. The number of esters is 2. The molecule has 2 amide bonds. The summed E-state index contributed by atoms with van der Waals surface area (Å²) in [4.78, 5) is 101. The van der Waals surface area contributed by atoms with Crippen LogP contribution in [0.5, 0.6) is 17.2 Å². The maximum atomic E-state index is 12.8. The van der Waals surface area contributed by atoms with Crippen LogP contribution >= 0.6 is 54.0 Å². The molecule has 38 heteroatoms. The first kappa shape index (κ1) is 90.7. The lowest BCUT2D eigenvalue weighted by atomic mass is 10.0. The molecule has 8 rings (SSSR count). The number of anilines is 2. The fraction of sp³-hybridized carbons (Fsp3) is 0.409. The minimum Gasteiger partial charge on any atom is -0.778 e. The number of nitrogens with one attached hydrogen (secondary N) is 1. The third-order valence-electron chi connectivity index (χ3n) is 13.8. The van der Waals surface area contributed by atoms with E-state index in [-0.39, 0.29) is 70.0 Å². The summed E-state index contributed by atoms with van der Waals surface area (Å²) in [6.45, 7) is 11.2. The van der Waals surface area contributed by atoms with Crippen molar-refractivity contribution >= 4 is 127 Å². The summed E-state index contributed by atoms with van der Waals surface area (Å²) in [6, 6.07) is 20.7. The van der Waals surface area contributed by atoms with E-state index in [1.165, 1.54) is 13.1 Å². The zero-order valence-electron chi connectivity index (χ0n) is 57.6. The Labute approximate surface area is 618 Å². The molecule has 0 radical (unpaired) electrons. The number of carboxylic acids is 1. The Balaban J connectivity index is 0.000000346. The van der Waals surface area contributed by atoms with Gasteiger partial charge in [-0.05, 0) is 131 Å². The lowest BCUT2D eigenvalue weighted by molar-refractivity contribution is -0.385. The molecule has 1 fully saturated rings. The van der Waals surface area contributed by atoms with Crippen molar-refractivity contribution in [2.45, 2.75) is 107 Å². The van der Waals surface area contributed by atoms with Crippen LogP contribution in [0.2, 0.25) is 5.02 Å². The van der Waals surface area contributed by atoms with Gasteiger partial charge in [0.2, 0.25) is 5.91 Å². The number of ether oxygens (including phenoxy) is 5. The number of aliphatic carboxylic acids is 1. The molecule has 25 nitrogen and oxygen atoms in total. The number of nitrogens with zero attached hydrogens (tertiary/aromatic N) is 4. The number of sulfone groups is 1. The number of para-hydroxylation sites is 3. The van der Waals surface area contributed by atoms with E-state index < -0.39 is 109 Å². The van der Waals surface area contributed by atoms with E-state index in [4.69, 9.17) is 84.6 Å². The fourth-order valence-corrected chi connectivity index (χ4v) is 10.9. The van der Waals surface area contributed by atoms with Gasteiger partial charge in [-0.1, -0.05) is 77.2 Å². The Morgan fingerprint density at radius 1 is 0.904 bits per heavy atom. The molecule has 4 unspecified atom stereocenters. The highest BCUT2D eigenvalue weighted by atomic mass is 35.5. The number of hydrogen-bond donors (Lipinski definition) is 3. The molecule has 3 N–H and O–H groups in total. The summed E-state index contributed by atoms with van der Waals surface area (Å²) in [5.41, 5.74) is 0.393. The molecule has 1 aliphatic carbocycles. The summed E-state index contributed by atoms with van der Waals surface area (Å²) in [6.07, 6.45) is -0.334. The Kier molecular flexibility index (Phi) is 36.1. The van der Waals surface area contributed by atoms with Crippen LogP contribution in [0.3, 0.4) is 0 Å². The molecule has 5 aromatic carbocycles. The molecule has 1 saturated carbocycles. The number of methoxy groups -OCH3 is 1. The number of nitro benzene ring substituents is 1. The molecule has 0 spiro atoms. The molecule has 572 valence electrons. The molecule has 0 bridgehead atoms. The number of carboxylic acid groups (broad SMARTS) is 1. The number of carbonyl (C=O) groups is 6. The topological polar surface area (TPSA) is 351 Å². The molecule has 1 aliphatic heterocycles. The van der Waals surface area contributed by atoms with E-state index in [9.17, 15) is 83.1 Å². The van der Waals surface area contributed by atoms with Gasteiger partial charge in [0.15, 0.2) is 32.3 Å². The van der Waals surface area contributed by atoms with E-state index in [1.807, 2.05) is 62.5 Å². The molecule has 2 aliphatic rings. The van der Waals surface area contributed by atoms with Gasteiger partial charge in [0.1, 0.15) is 42.9 Å². The summed E-state index contributed by atoms with van der Waals surface area (Å²) in [7, 11) is -6.11. The quantitative estimate of drug-likeness (QED) is 0.00830.